The number of halogens is 5. The molecule has 5 nitrogen and oxygen atoms in total. The predicted octanol–water partition coefficient (Wildman–Crippen LogP) is 3.82. The number of alkyl halides is 3. The normalized spacial score (nSPS) is 22.8. The Kier molecular flexibility index (Phi) is 5.78. The third-order valence-corrected chi connectivity index (χ3v) is 6.62. The number of nitrogens with zero attached hydrogens (tertiary/aromatic N) is 3. The van der Waals surface area contributed by atoms with Gasteiger partial charge in [0.25, 0.3) is 5.91 Å². The number of rotatable bonds is 3. The molecule has 2 aliphatic heterocycles. The molecule has 0 bridgehead atoms. The quantitative estimate of drug-likeness (QED) is 0.700. The average molecular weight is 465 g/mol. The van der Waals surface area contributed by atoms with Gasteiger partial charge in [0, 0.05) is 37.3 Å². The molecule has 2 aromatic rings. The lowest BCUT2D eigenvalue weighted by Crippen LogP contribution is -2.51. The molecule has 174 valence electrons. The van der Waals surface area contributed by atoms with Gasteiger partial charge in [-0.1, -0.05) is 0 Å². The Labute approximate surface area is 186 Å². The summed E-state index contributed by atoms with van der Waals surface area (Å²) in [7, 11) is 0. The van der Waals surface area contributed by atoms with Crippen LogP contribution in [-0.4, -0.2) is 48.7 Å². The standard InChI is InChI=1S/C23H20F5N3O2/c24-16-2-4-20(25)18(7-16)21(33)31-10-15-5-6-30(11-22(15,12-31)13-32)17-3-1-14(9-29)19(8-17)23(26,27)28/h1-4,7-8,15,32H,5-6,10-13H2/t15-,22+/m1/s1. The molecule has 0 radical (unpaired) electrons. The van der Waals surface area contributed by atoms with Crippen LogP contribution in [0.4, 0.5) is 27.6 Å². The van der Waals surface area contributed by atoms with Crippen molar-refractivity contribution in [2.75, 3.05) is 37.7 Å². The smallest absolute Gasteiger partial charge is 0.396 e. The molecular weight excluding hydrogens is 445 g/mol. The Morgan fingerprint density at radius 1 is 1.18 bits per heavy atom. The van der Waals surface area contributed by atoms with Crippen molar-refractivity contribution in [2.45, 2.75) is 12.6 Å². The van der Waals surface area contributed by atoms with Gasteiger partial charge in [-0.05, 0) is 48.7 Å². The number of aliphatic hydroxyl groups is 1. The van der Waals surface area contributed by atoms with Gasteiger partial charge in [-0.3, -0.25) is 4.79 Å². The Morgan fingerprint density at radius 3 is 2.61 bits per heavy atom. The SMILES string of the molecule is N#Cc1ccc(N2CC[C@@H]3CN(C(=O)c4cc(F)ccc4F)C[C@]3(CO)C2)cc1C(F)(F)F. The molecule has 2 atom stereocenters. The third kappa shape index (κ3) is 4.13. The topological polar surface area (TPSA) is 67.6 Å². The summed E-state index contributed by atoms with van der Waals surface area (Å²) in [5.41, 5.74) is -2.49. The molecule has 0 saturated carbocycles. The molecule has 2 aliphatic rings. The molecule has 0 aliphatic carbocycles. The Bertz CT molecular complexity index is 1130. The van der Waals surface area contributed by atoms with Gasteiger partial charge in [-0.15, -0.1) is 0 Å². The summed E-state index contributed by atoms with van der Waals surface area (Å²) in [5, 5.41) is 19.2. The average Bonchev–Trinajstić information content (AvgIpc) is 3.18. The summed E-state index contributed by atoms with van der Waals surface area (Å²) < 4.78 is 67.8. The summed E-state index contributed by atoms with van der Waals surface area (Å²) >= 11 is 0. The highest BCUT2D eigenvalue weighted by molar-refractivity contribution is 5.94. The van der Waals surface area contributed by atoms with Crippen molar-refractivity contribution in [3.63, 3.8) is 0 Å². The number of hydrogen-bond acceptors (Lipinski definition) is 4. The number of fused-ring (bicyclic) bond motifs is 1. The summed E-state index contributed by atoms with van der Waals surface area (Å²) in [6.07, 6.45) is -4.21. The van der Waals surface area contributed by atoms with E-state index in [2.05, 4.69) is 0 Å². The fraction of sp³-hybridized carbons (Fsp3) is 0.391. The van der Waals surface area contributed by atoms with Crippen molar-refractivity contribution < 1.29 is 31.9 Å². The number of likely N-dealkylation sites (tertiary alicyclic amines) is 1. The summed E-state index contributed by atoms with van der Waals surface area (Å²) in [6, 6.07) is 7.63. The number of amides is 1. The number of anilines is 1. The number of piperidine rings is 1. The number of nitriles is 1. The molecule has 2 aromatic carbocycles. The molecule has 0 aromatic heterocycles. The van der Waals surface area contributed by atoms with Crippen LogP contribution in [0.3, 0.4) is 0 Å². The van der Waals surface area contributed by atoms with E-state index < -0.39 is 45.8 Å². The Morgan fingerprint density at radius 2 is 1.94 bits per heavy atom. The van der Waals surface area contributed by atoms with Crippen molar-refractivity contribution in [2.24, 2.45) is 11.3 Å². The number of carbonyl (C=O) groups excluding carboxylic acids is 1. The van der Waals surface area contributed by atoms with Crippen LogP contribution in [0, 0.1) is 34.3 Å². The minimum Gasteiger partial charge on any atom is -0.396 e. The molecule has 4 rings (SSSR count). The van der Waals surface area contributed by atoms with Gasteiger partial charge >= 0.3 is 6.18 Å². The van der Waals surface area contributed by atoms with Crippen LogP contribution in [0.5, 0.6) is 0 Å². The van der Waals surface area contributed by atoms with Crippen LogP contribution >= 0.6 is 0 Å². The number of aliphatic hydroxyl groups excluding tert-OH is 1. The summed E-state index contributed by atoms with van der Waals surface area (Å²) in [4.78, 5) is 15.9. The highest BCUT2D eigenvalue weighted by atomic mass is 19.4. The van der Waals surface area contributed by atoms with E-state index in [1.165, 1.54) is 11.0 Å². The lowest BCUT2D eigenvalue weighted by atomic mass is 9.74. The molecule has 1 N–H and O–H groups in total. The molecule has 2 saturated heterocycles. The number of hydrogen-bond donors (Lipinski definition) is 1. The van der Waals surface area contributed by atoms with Gasteiger partial charge in [0.05, 0.1) is 29.4 Å². The van der Waals surface area contributed by atoms with Crippen molar-refractivity contribution in [1.82, 2.24) is 4.90 Å². The fourth-order valence-electron chi connectivity index (χ4n) is 4.88. The van der Waals surface area contributed by atoms with Crippen LogP contribution in [0.2, 0.25) is 0 Å². The first-order valence-corrected chi connectivity index (χ1v) is 10.3. The van der Waals surface area contributed by atoms with Crippen LogP contribution in [0.15, 0.2) is 36.4 Å². The maximum Gasteiger partial charge on any atom is 0.417 e. The van der Waals surface area contributed by atoms with E-state index in [9.17, 15) is 31.9 Å². The highest BCUT2D eigenvalue weighted by Crippen LogP contribution is 2.44. The number of benzene rings is 2. The van der Waals surface area contributed by atoms with Gasteiger partial charge in [-0.2, -0.15) is 18.4 Å². The lowest BCUT2D eigenvalue weighted by molar-refractivity contribution is -0.137. The van der Waals surface area contributed by atoms with E-state index in [0.29, 0.717) is 13.0 Å². The molecule has 10 heteroatoms. The third-order valence-electron chi connectivity index (χ3n) is 6.62. The second kappa shape index (κ2) is 8.30. The van der Waals surface area contributed by atoms with E-state index >= 15 is 0 Å². The van der Waals surface area contributed by atoms with Crippen molar-refractivity contribution in [1.29, 1.82) is 5.26 Å². The maximum atomic E-state index is 14.1. The highest BCUT2D eigenvalue weighted by Gasteiger charge is 2.51. The monoisotopic (exact) mass is 465 g/mol. The first kappa shape index (κ1) is 23.0. The van der Waals surface area contributed by atoms with Gasteiger partial charge in [0.1, 0.15) is 11.6 Å². The first-order valence-electron chi connectivity index (χ1n) is 10.3. The zero-order valence-electron chi connectivity index (χ0n) is 17.4. The summed E-state index contributed by atoms with van der Waals surface area (Å²) in [6.45, 7) is 0.511. The minimum atomic E-state index is -4.69. The van der Waals surface area contributed by atoms with E-state index in [4.69, 9.17) is 5.26 Å². The van der Waals surface area contributed by atoms with Gasteiger partial charge in [0.15, 0.2) is 0 Å². The van der Waals surface area contributed by atoms with Crippen molar-refractivity contribution in [3.05, 3.63) is 64.7 Å². The molecule has 2 fully saturated rings. The van der Waals surface area contributed by atoms with Crippen molar-refractivity contribution >= 4 is 11.6 Å². The second-order valence-corrected chi connectivity index (χ2v) is 8.58. The van der Waals surface area contributed by atoms with Gasteiger partial charge < -0.3 is 14.9 Å². The van der Waals surface area contributed by atoms with Gasteiger partial charge in [0.2, 0.25) is 0 Å². The molecule has 1 amide bonds. The van der Waals surface area contributed by atoms with Crippen LogP contribution < -0.4 is 4.90 Å². The first-order chi connectivity index (χ1) is 15.6. The van der Waals surface area contributed by atoms with E-state index in [1.807, 2.05) is 0 Å². The minimum absolute atomic E-state index is 0.0574. The zero-order valence-corrected chi connectivity index (χ0v) is 17.4. The molecular formula is C23H20F5N3O2. The molecule has 33 heavy (non-hydrogen) atoms. The Balaban J connectivity index is 1.60. The fourth-order valence-corrected chi connectivity index (χ4v) is 4.88. The van der Waals surface area contributed by atoms with Crippen LogP contribution in [-0.2, 0) is 6.18 Å². The van der Waals surface area contributed by atoms with E-state index in [1.54, 1.807) is 11.0 Å². The largest absolute Gasteiger partial charge is 0.417 e. The van der Waals surface area contributed by atoms with Crippen molar-refractivity contribution in [3.8, 4) is 6.07 Å². The second-order valence-electron chi connectivity index (χ2n) is 8.58. The lowest BCUT2D eigenvalue weighted by Gasteiger charge is -2.44. The zero-order chi connectivity index (χ0) is 24.0. The maximum absolute atomic E-state index is 14.1. The Hall–Kier alpha value is -3.19. The van der Waals surface area contributed by atoms with Crippen LogP contribution in [0.1, 0.15) is 27.9 Å². The predicted molar refractivity (Wildman–Crippen MR) is 108 cm³/mol. The van der Waals surface area contributed by atoms with Crippen LogP contribution in [0.25, 0.3) is 0 Å². The molecule has 0 unspecified atom stereocenters. The molecule has 2 heterocycles. The van der Waals surface area contributed by atoms with E-state index in [-0.39, 0.29) is 37.8 Å². The number of carbonyl (C=O) groups is 1. The molecule has 0 spiro atoms. The summed E-state index contributed by atoms with van der Waals surface area (Å²) in [5.74, 6) is -2.45. The van der Waals surface area contributed by atoms with E-state index in [0.717, 1.165) is 30.3 Å². The van der Waals surface area contributed by atoms with Gasteiger partial charge in [-0.25, -0.2) is 8.78 Å².